The molecule has 0 aromatic carbocycles. The van der Waals surface area contributed by atoms with Gasteiger partial charge in [-0.25, -0.2) is 0 Å². The lowest BCUT2D eigenvalue weighted by atomic mass is 10.1. The van der Waals surface area contributed by atoms with E-state index in [4.69, 9.17) is 30.6 Å². The maximum absolute atomic E-state index is 11.2. The maximum Gasteiger partial charge on any atom is 0.311 e. The quantitative estimate of drug-likeness (QED) is 0.129. The molecule has 24 heavy (non-hydrogen) atoms. The first-order chi connectivity index (χ1) is 11.0. The van der Waals surface area contributed by atoms with Crippen molar-refractivity contribution in [2.24, 2.45) is 0 Å². The number of carbonyl (C=O) groups excluding carboxylic acids is 2. The molecule has 0 aliphatic rings. The van der Waals surface area contributed by atoms with Crippen molar-refractivity contribution in [3.63, 3.8) is 0 Å². The van der Waals surface area contributed by atoms with Gasteiger partial charge in [-0.05, 0) is 12.8 Å². The number of aliphatic hydroxyl groups is 6. The molecule has 6 N–H and O–H groups in total. The summed E-state index contributed by atoms with van der Waals surface area (Å²) in [6, 6.07) is 0. The lowest BCUT2D eigenvalue weighted by Crippen LogP contribution is -2.34. The average Bonchev–Trinajstić information content (AvgIpc) is 2.44. The molecular formula is C14H26O10. The average molecular weight is 354 g/mol. The monoisotopic (exact) mass is 354 g/mol. The fourth-order valence-corrected chi connectivity index (χ4v) is 1.74. The lowest BCUT2D eigenvalue weighted by Gasteiger charge is -2.13. The van der Waals surface area contributed by atoms with E-state index in [-0.39, 0.29) is 12.8 Å². The summed E-state index contributed by atoms with van der Waals surface area (Å²) in [5.74, 6) is -7.28. The number of hydrogen-bond acceptors (Lipinski definition) is 10. The van der Waals surface area contributed by atoms with Gasteiger partial charge in [0.1, 0.15) is 0 Å². The van der Waals surface area contributed by atoms with Crippen LogP contribution in [0.4, 0.5) is 0 Å². The van der Waals surface area contributed by atoms with E-state index in [1.54, 1.807) is 0 Å². The van der Waals surface area contributed by atoms with Crippen molar-refractivity contribution in [1.29, 1.82) is 0 Å². The normalized spacial score (nSPS) is 12.1. The van der Waals surface area contributed by atoms with Crippen molar-refractivity contribution >= 4 is 11.9 Å². The molecule has 0 heterocycles. The smallest absolute Gasteiger partial charge is 0.311 e. The van der Waals surface area contributed by atoms with Gasteiger partial charge >= 0.3 is 23.9 Å². The van der Waals surface area contributed by atoms with Gasteiger partial charge in [0.2, 0.25) is 0 Å². The predicted molar refractivity (Wildman–Crippen MR) is 77.6 cm³/mol. The van der Waals surface area contributed by atoms with E-state index in [2.05, 4.69) is 9.47 Å². The van der Waals surface area contributed by atoms with Crippen molar-refractivity contribution in [1.82, 2.24) is 0 Å². The van der Waals surface area contributed by atoms with Crippen LogP contribution in [0.2, 0.25) is 0 Å². The second kappa shape index (κ2) is 11.3. The third kappa shape index (κ3) is 17.1. The van der Waals surface area contributed by atoms with E-state index < -0.39 is 37.1 Å². The van der Waals surface area contributed by atoms with Gasteiger partial charge in [0.15, 0.2) is 13.2 Å². The summed E-state index contributed by atoms with van der Waals surface area (Å²) in [5, 5.41) is 51.2. The molecule has 142 valence electrons. The summed E-state index contributed by atoms with van der Waals surface area (Å²) < 4.78 is 8.86. The molecule has 0 rings (SSSR count). The standard InChI is InChI=1S/C14H26O10/c15-11(23-9-13(17,18)19)7-5-3-1-2-4-6-8-12(16)24-10-14(20,21)22/h17-22H,1-10H2. The third-order valence-electron chi connectivity index (χ3n) is 2.87. The second-order valence-corrected chi connectivity index (χ2v) is 5.49. The molecule has 0 fully saturated rings. The Kier molecular flexibility index (Phi) is 10.7. The molecule has 0 spiro atoms. The summed E-state index contributed by atoms with van der Waals surface area (Å²) in [4.78, 5) is 22.3. The Morgan fingerprint density at radius 3 is 1.17 bits per heavy atom. The minimum absolute atomic E-state index is 0.105. The van der Waals surface area contributed by atoms with Crippen LogP contribution in [0.15, 0.2) is 0 Å². The lowest BCUT2D eigenvalue weighted by molar-refractivity contribution is -0.328. The second-order valence-electron chi connectivity index (χ2n) is 5.49. The molecule has 0 atom stereocenters. The fourth-order valence-electron chi connectivity index (χ4n) is 1.74. The maximum atomic E-state index is 11.2. The number of esters is 2. The molecule has 10 nitrogen and oxygen atoms in total. The van der Waals surface area contributed by atoms with Crippen molar-refractivity contribution in [2.45, 2.75) is 63.3 Å². The van der Waals surface area contributed by atoms with Gasteiger partial charge in [-0.15, -0.1) is 0 Å². The van der Waals surface area contributed by atoms with E-state index in [1.807, 2.05) is 0 Å². The first-order valence-corrected chi connectivity index (χ1v) is 7.65. The Bertz CT molecular complexity index is 333. The number of rotatable bonds is 13. The van der Waals surface area contributed by atoms with Crippen LogP contribution in [-0.2, 0) is 19.1 Å². The highest BCUT2D eigenvalue weighted by molar-refractivity contribution is 5.69. The molecule has 0 unspecified atom stereocenters. The zero-order valence-electron chi connectivity index (χ0n) is 13.4. The van der Waals surface area contributed by atoms with Crippen LogP contribution >= 0.6 is 0 Å². The van der Waals surface area contributed by atoms with Crippen LogP contribution in [0.1, 0.15) is 51.4 Å². The number of hydrogen-bond donors (Lipinski definition) is 6. The van der Waals surface area contributed by atoms with Gasteiger partial charge < -0.3 is 40.1 Å². The van der Waals surface area contributed by atoms with Crippen LogP contribution in [-0.4, -0.2) is 67.7 Å². The van der Waals surface area contributed by atoms with Gasteiger partial charge in [-0.1, -0.05) is 25.7 Å². The summed E-state index contributed by atoms with van der Waals surface area (Å²) in [5.41, 5.74) is 0. The first-order valence-electron chi connectivity index (χ1n) is 7.65. The molecule has 0 saturated heterocycles. The highest BCUT2D eigenvalue weighted by Gasteiger charge is 2.21. The summed E-state index contributed by atoms with van der Waals surface area (Å²) in [6.45, 7) is -1.79. The van der Waals surface area contributed by atoms with E-state index in [0.29, 0.717) is 12.8 Å². The first kappa shape index (κ1) is 22.7. The Morgan fingerprint density at radius 1 is 0.583 bits per heavy atom. The van der Waals surface area contributed by atoms with Crippen molar-refractivity contribution < 1.29 is 49.7 Å². The van der Waals surface area contributed by atoms with E-state index in [0.717, 1.165) is 25.7 Å². The van der Waals surface area contributed by atoms with Crippen LogP contribution in [0.5, 0.6) is 0 Å². The number of ether oxygens (including phenoxy) is 2. The predicted octanol–water partition coefficient (Wildman–Crippen LogP) is -1.54. The Morgan fingerprint density at radius 2 is 0.875 bits per heavy atom. The summed E-state index contributed by atoms with van der Waals surface area (Å²) >= 11 is 0. The molecule has 0 aliphatic carbocycles. The summed E-state index contributed by atoms with van der Waals surface area (Å²) in [6.07, 6.45) is 4.50. The van der Waals surface area contributed by atoms with E-state index in [1.165, 1.54) is 0 Å². The molecule has 0 radical (unpaired) electrons. The highest BCUT2D eigenvalue weighted by Crippen LogP contribution is 2.10. The minimum Gasteiger partial charge on any atom is -0.457 e. The largest absolute Gasteiger partial charge is 0.457 e. The van der Waals surface area contributed by atoms with Gasteiger partial charge in [-0.3, -0.25) is 9.59 Å². The van der Waals surface area contributed by atoms with E-state index in [9.17, 15) is 9.59 Å². The highest BCUT2D eigenvalue weighted by atomic mass is 16.7. The third-order valence-corrected chi connectivity index (χ3v) is 2.87. The SMILES string of the molecule is O=C(CCCCCCCCC(=O)OCC(O)(O)O)OCC(O)(O)O. The van der Waals surface area contributed by atoms with Crippen molar-refractivity contribution in [2.75, 3.05) is 13.2 Å². The van der Waals surface area contributed by atoms with Crippen molar-refractivity contribution in [3.05, 3.63) is 0 Å². The Hall–Kier alpha value is -1.30. The molecule has 10 heteroatoms. The zero-order valence-corrected chi connectivity index (χ0v) is 13.4. The molecule has 0 aromatic rings. The molecule has 0 bridgehead atoms. The van der Waals surface area contributed by atoms with Crippen LogP contribution in [0.25, 0.3) is 0 Å². The van der Waals surface area contributed by atoms with Crippen LogP contribution in [0.3, 0.4) is 0 Å². The van der Waals surface area contributed by atoms with Crippen LogP contribution in [0, 0.1) is 0 Å². The number of unbranched alkanes of at least 4 members (excludes halogenated alkanes) is 5. The topological polar surface area (TPSA) is 174 Å². The Balaban J connectivity index is 3.42. The minimum atomic E-state index is -3.01. The zero-order chi connectivity index (χ0) is 18.6. The van der Waals surface area contributed by atoms with Gasteiger partial charge in [0.05, 0.1) is 0 Å². The van der Waals surface area contributed by atoms with Gasteiger partial charge in [-0.2, -0.15) is 0 Å². The van der Waals surface area contributed by atoms with Gasteiger partial charge in [0, 0.05) is 12.8 Å². The molecule has 0 aromatic heterocycles. The fraction of sp³-hybridized carbons (Fsp3) is 0.857. The molecule has 0 amide bonds. The summed E-state index contributed by atoms with van der Waals surface area (Å²) in [7, 11) is 0. The molecular weight excluding hydrogens is 328 g/mol. The van der Waals surface area contributed by atoms with Crippen molar-refractivity contribution in [3.8, 4) is 0 Å². The molecule has 0 aliphatic heterocycles. The molecule has 0 saturated carbocycles. The number of carbonyl (C=O) groups is 2. The van der Waals surface area contributed by atoms with Crippen LogP contribution < -0.4 is 0 Å². The van der Waals surface area contributed by atoms with E-state index >= 15 is 0 Å². The van der Waals surface area contributed by atoms with Gasteiger partial charge in [0.25, 0.3) is 0 Å². The Labute approximate surface area is 139 Å².